The lowest BCUT2D eigenvalue weighted by Gasteiger charge is -2.29. The van der Waals surface area contributed by atoms with Crippen LogP contribution in [0, 0.1) is 11.8 Å². The van der Waals surface area contributed by atoms with Crippen molar-refractivity contribution >= 4 is 65.0 Å². The van der Waals surface area contributed by atoms with Crippen molar-refractivity contribution in [3.63, 3.8) is 0 Å². The summed E-state index contributed by atoms with van der Waals surface area (Å²) in [7, 11) is 0. The Hall–Kier alpha value is -7.67. The van der Waals surface area contributed by atoms with Gasteiger partial charge in [-0.2, -0.15) is 0 Å². The van der Waals surface area contributed by atoms with Gasteiger partial charge < -0.3 is 97.4 Å². The van der Waals surface area contributed by atoms with E-state index in [1.807, 2.05) is 30.3 Å². The monoisotopic (exact) mass is 1250 g/mol. The zero-order chi connectivity index (χ0) is 65.7. The normalized spacial score (nSPS) is 23.5. The van der Waals surface area contributed by atoms with Crippen LogP contribution in [0.5, 0.6) is 0 Å². The Labute approximate surface area is 519 Å². The first kappa shape index (κ1) is 73.8. The van der Waals surface area contributed by atoms with E-state index in [2.05, 4.69) is 58.5 Å². The number of rotatable bonds is 26. The van der Waals surface area contributed by atoms with E-state index >= 15 is 0 Å². The third-order valence-corrected chi connectivity index (χ3v) is 15.5. The quantitative estimate of drug-likeness (QED) is 0.0420. The molecule has 23 N–H and O–H groups in total. The van der Waals surface area contributed by atoms with E-state index in [1.54, 1.807) is 44.2 Å². The van der Waals surface area contributed by atoms with Crippen molar-refractivity contribution in [2.75, 3.05) is 39.3 Å². The van der Waals surface area contributed by atoms with Gasteiger partial charge in [-0.05, 0) is 127 Å². The van der Waals surface area contributed by atoms with Gasteiger partial charge in [-0.25, -0.2) is 0 Å². The standard InChI is InChI=1S/C60H96N16O13/c1-33(2)31-45-56(85)69-39(19-25-61)50(79)68-42(22-28-64)54(83)75-48(34(3)77)59(88)66-30-24-44(53(82)67-40(20-26-62)52(81)74-46(57(86)73-45)32-36-13-7-5-8-14-36)70-51(80)41(21-27-63)72-60(89)49(35(4)78)76-55(84)43(23-29-65)71-58(87)47(38-17-11-12-18-38)37-15-9-6-10-16-37/h5-10,13-16,33-35,38-49,77-78H,11-12,17-32,61-65H2,1-4H3,(H,66,88)(H,67,82)(H,68,79)(H,69,85)(H,70,80)(H,71,87)(H,72,89)(H,73,86)(H,74,81)(H,75,83)(H,76,84)/t34-,35-,39+,40+,41+,42+,43+,44+,45+,46-,47?,48+,49+/m1/s1. The number of carbonyl (C=O) groups is 11. The van der Waals surface area contributed by atoms with Crippen molar-refractivity contribution in [2.24, 2.45) is 40.5 Å². The molecule has 1 saturated carbocycles. The molecule has 0 radical (unpaired) electrons. The zero-order valence-corrected chi connectivity index (χ0v) is 51.4. The topological polar surface area (TPSA) is 491 Å². The maximum absolute atomic E-state index is 14.6. The second-order valence-electron chi connectivity index (χ2n) is 23.2. The number of hydrogen-bond donors (Lipinski definition) is 18. The summed E-state index contributed by atoms with van der Waals surface area (Å²) < 4.78 is 0. The fourth-order valence-electron chi connectivity index (χ4n) is 10.7. The molecule has 2 aromatic rings. The van der Waals surface area contributed by atoms with Gasteiger partial charge >= 0.3 is 0 Å². The highest BCUT2D eigenvalue weighted by Crippen LogP contribution is 2.37. The van der Waals surface area contributed by atoms with Crippen molar-refractivity contribution in [1.82, 2.24) is 58.5 Å². The molecule has 2 aliphatic rings. The fourth-order valence-corrected chi connectivity index (χ4v) is 10.7. The van der Waals surface area contributed by atoms with Crippen molar-refractivity contribution in [2.45, 2.75) is 183 Å². The maximum Gasteiger partial charge on any atom is 0.245 e. The summed E-state index contributed by atoms with van der Waals surface area (Å²) in [5.74, 6) is -10.6. The van der Waals surface area contributed by atoms with E-state index in [-0.39, 0.29) is 89.5 Å². The summed E-state index contributed by atoms with van der Waals surface area (Å²) in [6.07, 6.45) is -1.09. The number of amides is 11. The lowest BCUT2D eigenvalue weighted by molar-refractivity contribution is -0.137. The Morgan fingerprint density at radius 1 is 0.517 bits per heavy atom. The molecule has 89 heavy (non-hydrogen) atoms. The number of aliphatic hydroxyl groups excluding tert-OH is 2. The van der Waals surface area contributed by atoms with Crippen LogP contribution < -0.4 is 87.2 Å². The molecule has 0 bridgehead atoms. The number of aliphatic hydroxyl groups is 2. The Balaban J connectivity index is 1.71. The number of hydrogen-bond acceptors (Lipinski definition) is 18. The van der Waals surface area contributed by atoms with Gasteiger partial charge in [-0.1, -0.05) is 87.4 Å². The lowest BCUT2D eigenvalue weighted by atomic mass is 9.84. The van der Waals surface area contributed by atoms with E-state index in [0.29, 0.717) is 5.56 Å². The van der Waals surface area contributed by atoms with Crippen LogP contribution in [-0.4, -0.2) is 187 Å². The molecule has 11 amide bonds. The zero-order valence-electron chi connectivity index (χ0n) is 51.4. The molecule has 494 valence electrons. The predicted molar refractivity (Wildman–Crippen MR) is 329 cm³/mol. The number of nitrogens with one attached hydrogen (secondary N) is 11. The molecule has 1 heterocycles. The van der Waals surface area contributed by atoms with Crippen LogP contribution in [0.1, 0.15) is 115 Å². The molecule has 0 aromatic heterocycles. The fraction of sp³-hybridized carbons (Fsp3) is 0.617. The minimum Gasteiger partial charge on any atom is -0.391 e. The molecular formula is C60H96N16O13. The van der Waals surface area contributed by atoms with Crippen LogP contribution in [0.25, 0.3) is 0 Å². The Morgan fingerprint density at radius 2 is 0.978 bits per heavy atom. The summed E-state index contributed by atoms with van der Waals surface area (Å²) in [4.78, 5) is 156. The van der Waals surface area contributed by atoms with Crippen LogP contribution in [0.4, 0.5) is 0 Å². The first-order valence-corrected chi connectivity index (χ1v) is 30.7. The number of nitrogens with two attached hydrogens (primary N) is 5. The van der Waals surface area contributed by atoms with Gasteiger partial charge in [0.05, 0.1) is 18.1 Å². The van der Waals surface area contributed by atoms with Gasteiger partial charge in [-0.3, -0.25) is 52.7 Å². The molecule has 13 atom stereocenters. The Bertz CT molecular complexity index is 2650. The molecule has 1 saturated heterocycles. The van der Waals surface area contributed by atoms with Gasteiger partial charge in [0.25, 0.3) is 0 Å². The van der Waals surface area contributed by atoms with E-state index in [4.69, 9.17) is 28.7 Å². The predicted octanol–water partition coefficient (Wildman–Crippen LogP) is -4.88. The van der Waals surface area contributed by atoms with Crippen molar-refractivity contribution in [3.05, 3.63) is 71.8 Å². The highest BCUT2D eigenvalue weighted by molar-refractivity contribution is 5.99. The first-order chi connectivity index (χ1) is 42.5. The average Bonchev–Trinajstić information content (AvgIpc) is 4.12. The summed E-state index contributed by atoms with van der Waals surface area (Å²) in [6.45, 7) is 4.78. The molecule has 29 heteroatoms. The lowest BCUT2D eigenvalue weighted by Crippen LogP contribution is -2.62. The molecule has 1 aliphatic carbocycles. The smallest absolute Gasteiger partial charge is 0.245 e. The molecule has 2 fully saturated rings. The van der Waals surface area contributed by atoms with Crippen molar-refractivity contribution in [1.29, 1.82) is 0 Å². The van der Waals surface area contributed by atoms with Gasteiger partial charge in [0, 0.05) is 13.0 Å². The van der Waals surface area contributed by atoms with Gasteiger partial charge in [0.1, 0.15) is 60.4 Å². The van der Waals surface area contributed by atoms with E-state index in [1.165, 1.54) is 13.8 Å². The van der Waals surface area contributed by atoms with Crippen molar-refractivity contribution in [3.8, 4) is 0 Å². The van der Waals surface area contributed by atoms with E-state index < -0.39 is 156 Å². The highest BCUT2D eigenvalue weighted by Gasteiger charge is 2.39. The summed E-state index contributed by atoms with van der Waals surface area (Å²) >= 11 is 0. The number of benzene rings is 2. The van der Waals surface area contributed by atoms with Crippen LogP contribution in [0.3, 0.4) is 0 Å². The van der Waals surface area contributed by atoms with Crippen LogP contribution in [0.15, 0.2) is 60.7 Å². The first-order valence-electron chi connectivity index (χ1n) is 30.7. The summed E-state index contributed by atoms with van der Waals surface area (Å²) in [5.41, 5.74) is 30.9. The van der Waals surface area contributed by atoms with Crippen LogP contribution in [-0.2, 0) is 59.2 Å². The third kappa shape index (κ3) is 23.7. The average molecular weight is 1250 g/mol. The van der Waals surface area contributed by atoms with Crippen LogP contribution >= 0.6 is 0 Å². The van der Waals surface area contributed by atoms with Gasteiger partial charge in [0.2, 0.25) is 65.0 Å². The van der Waals surface area contributed by atoms with E-state index in [9.17, 15) is 63.0 Å². The maximum atomic E-state index is 14.6. The molecule has 1 unspecified atom stereocenters. The summed E-state index contributed by atoms with van der Waals surface area (Å²) in [6, 6.07) is 2.79. The van der Waals surface area contributed by atoms with Gasteiger partial charge in [-0.15, -0.1) is 0 Å². The second kappa shape index (κ2) is 38.0. The molecule has 0 spiro atoms. The molecule has 4 rings (SSSR count). The second-order valence-corrected chi connectivity index (χ2v) is 23.2. The number of carbonyl (C=O) groups excluding carboxylic acids is 11. The van der Waals surface area contributed by atoms with Crippen molar-refractivity contribution < 1.29 is 63.0 Å². The molecular weight excluding hydrogens is 1150 g/mol. The largest absolute Gasteiger partial charge is 0.391 e. The van der Waals surface area contributed by atoms with Gasteiger partial charge in [0.15, 0.2) is 0 Å². The molecule has 29 nitrogen and oxygen atoms in total. The minimum atomic E-state index is -1.73. The van der Waals surface area contributed by atoms with E-state index in [0.717, 1.165) is 31.2 Å². The summed E-state index contributed by atoms with van der Waals surface area (Å²) in [5, 5.41) is 50.2. The highest BCUT2D eigenvalue weighted by atomic mass is 16.3. The Morgan fingerprint density at radius 3 is 1.48 bits per heavy atom. The molecule has 2 aromatic carbocycles. The van der Waals surface area contributed by atoms with Crippen LogP contribution in [0.2, 0.25) is 0 Å². The minimum absolute atomic E-state index is 0.0123. The Kier molecular flexibility index (Phi) is 31.5. The SMILES string of the molecule is CC(C)C[C@@H]1NC(=O)[C@@H](Cc2ccccc2)NC(=O)[C@H](CCN)NC(=O)[C@@H](NC(=O)[C@H](CCN)NC(=O)[C@@H](NC(=O)[C@H](CCN)NC(=O)C(c2ccccc2)C2CCCC2)[C@@H](C)O)CCNC(=O)[C@H]([C@@H](C)O)NC(=O)[C@H](CCN)NC(=O)[C@H](CCN)NC1=O. The molecule has 1 aliphatic heterocycles. The third-order valence-electron chi connectivity index (χ3n) is 15.5.